The molecule has 2 N–H and O–H groups in total. The van der Waals surface area contributed by atoms with Gasteiger partial charge >= 0.3 is 0 Å². The van der Waals surface area contributed by atoms with Gasteiger partial charge in [-0.05, 0) is 44.9 Å². The zero-order valence-electron chi connectivity index (χ0n) is 13.0. The van der Waals surface area contributed by atoms with E-state index in [1.807, 2.05) is 22.8 Å². The number of hydrogen-bond donors (Lipinski definition) is 1. The van der Waals surface area contributed by atoms with Crippen LogP contribution in [-0.2, 0) is 13.0 Å². The quantitative estimate of drug-likeness (QED) is 0.934. The number of piperidine rings is 1. The fraction of sp³-hybridized carbons (Fsp3) is 0.625. The second-order valence-electron chi connectivity index (χ2n) is 6.26. The third-order valence-electron chi connectivity index (χ3n) is 4.43. The molecule has 0 bridgehead atoms. The van der Waals surface area contributed by atoms with Crippen molar-refractivity contribution in [3.05, 3.63) is 29.7 Å². The third kappa shape index (κ3) is 3.09. The molecule has 2 aromatic heterocycles. The molecule has 1 aliphatic rings. The number of pyridine rings is 1. The summed E-state index contributed by atoms with van der Waals surface area (Å²) in [4.78, 5) is 7.26. The number of nitrogens with zero attached hydrogens (tertiary/aromatic N) is 4. The second-order valence-corrected chi connectivity index (χ2v) is 6.26. The van der Waals surface area contributed by atoms with Crippen LogP contribution >= 0.6 is 0 Å². The van der Waals surface area contributed by atoms with Crippen molar-refractivity contribution in [1.82, 2.24) is 19.5 Å². The van der Waals surface area contributed by atoms with E-state index in [-0.39, 0.29) is 0 Å². The molecule has 21 heavy (non-hydrogen) atoms. The van der Waals surface area contributed by atoms with Gasteiger partial charge in [-0.25, -0.2) is 9.50 Å². The van der Waals surface area contributed by atoms with E-state index in [0.717, 1.165) is 23.5 Å². The van der Waals surface area contributed by atoms with Gasteiger partial charge in [-0.2, -0.15) is 5.10 Å². The summed E-state index contributed by atoms with van der Waals surface area (Å²) in [5.41, 5.74) is 7.68. The minimum absolute atomic E-state index is 0.537. The number of hydrogen-bond acceptors (Lipinski definition) is 4. The average molecular weight is 287 g/mol. The Morgan fingerprint density at radius 1 is 1.33 bits per heavy atom. The van der Waals surface area contributed by atoms with E-state index in [2.05, 4.69) is 28.8 Å². The Morgan fingerprint density at radius 2 is 2.19 bits per heavy atom. The van der Waals surface area contributed by atoms with Crippen LogP contribution in [0.25, 0.3) is 5.65 Å². The van der Waals surface area contributed by atoms with Crippen LogP contribution in [0.5, 0.6) is 0 Å². The Kier molecular flexibility index (Phi) is 4.22. The second kappa shape index (κ2) is 6.12. The molecule has 5 nitrogen and oxygen atoms in total. The van der Waals surface area contributed by atoms with Crippen LogP contribution in [0, 0.1) is 0 Å². The number of aromatic nitrogens is 3. The highest BCUT2D eigenvalue weighted by molar-refractivity contribution is 5.38. The Bertz CT molecular complexity index is 604. The molecule has 2 aromatic rings. The number of likely N-dealkylation sites (tertiary alicyclic amines) is 1. The van der Waals surface area contributed by atoms with E-state index in [0.29, 0.717) is 18.6 Å². The molecule has 1 aliphatic heterocycles. The smallest absolute Gasteiger partial charge is 0.155 e. The molecule has 1 atom stereocenters. The molecule has 0 aliphatic carbocycles. The van der Waals surface area contributed by atoms with Crippen LogP contribution in [0.3, 0.4) is 0 Å². The zero-order valence-corrected chi connectivity index (χ0v) is 13.0. The van der Waals surface area contributed by atoms with Gasteiger partial charge < -0.3 is 5.73 Å². The van der Waals surface area contributed by atoms with E-state index >= 15 is 0 Å². The number of fused-ring (bicyclic) bond motifs is 1. The largest absolute Gasteiger partial charge is 0.326 e. The maximum atomic E-state index is 5.68. The summed E-state index contributed by atoms with van der Waals surface area (Å²) in [5, 5.41) is 4.63. The maximum Gasteiger partial charge on any atom is 0.155 e. The molecule has 114 valence electrons. The predicted octanol–water partition coefficient (Wildman–Crippen LogP) is 1.99. The van der Waals surface area contributed by atoms with Crippen LogP contribution < -0.4 is 5.73 Å². The molecule has 0 radical (unpaired) electrons. The maximum absolute atomic E-state index is 5.68. The van der Waals surface area contributed by atoms with E-state index < -0.39 is 0 Å². The first-order valence-corrected chi connectivity index (χ1v) is 7.97. The molecule has 3 rings (SSSR count). The summed E-state index contributed by atoms with van der Waals surface area (Å²) in [6.07, 6.45) is 6.80. The van der Waals surface area contributed by atoms with E-state index in [1.165, 1.54) is 25.8 Å². The van der Waals surface area contributed by atoms with E-state index in [4.69, 9.17) is 5.73 Å². The van der Waals surface area contributed by atoms with Gasteiger partial charge in [0.05, 0.1) is 0 Å². The molecule has 3 heterocycles. The minimum Gasteiger partial charge on any atom is -0.326 e. The van der Waals surface area contributed by atoms with E-state index in [9.17, 15) is 0 Å². The molecule has 0 amide bonds. The standard InChI is InChI=1S/C16H25N5/c1-12(2)20-8-4-3-5-14(20)9-15-18-16-7-6-13(10-17)11-21(16)19-15/h6-7,11-12,14H,3-5,8-10,17H2,1-2H3. The molecular formula is C16H25N5. The first-order chi connectivity index (χ1) is 10.2. The summed E-state index contributed by atoms with van der Waals surface area (Å²) in [7, 11) is 0. The highest BCUT2D eigenvalue weighted by Gasteiger charge is 2.25. The predicted molar refractivity (Wildman–Crippen MR) is 84.1 cm³/mol. The van der Waals surface area contributed by atoms with Gasteiger partial charge in [0.15, 0.2) is 11.5 Å². The lowest BCUT2D eigenvalue weighted by molar-refractivity contribution is 0.110. The third-order valence-corrected chi connectivity index (χ3v) is 4.43. The summed E-state index contributed by atoms with van der Waals surface area (Å²) in [6, 6.07) is 5.19. The molecule has 0 aromatic carbocycles. The van der Waals surface area contributed by atoms with Gasteiger partial charge in [0.2, 0.25) is 0 Å². The molecule has 0 spiro atoms. The Hall–Kier alpha value is -1.46. The Balaban J connectivity index is 1.80. The van der Waals surface area contributed by atoms with Crippen molar-refractivity contribution in [1.29, 1.82) is 0 Å². The van der Waals surface area contributed by atoms with Crippen molar-refractivity contribution >= 4 is 5.65 Å². The topological polar surface area (TPSA) is 59.5 Å². The molecule has 1 fully saturated rings. The van der Waals surface area contributed by atoms with Gasteiger partial charge in [-0.15, -0.1) is 0 Å². The Labute approximate surface area is 126 Å². The summed E-state index contributed by atoms with van der Waals surface area (Å²) < 4.78 is 1.86. The molecular weight excluding hydrogens is 262 g/mol. The lowest BCUT2D eigenvalue weighted by atomic mass is 9.97. The molecule has 1 saturated heterocycles. The van der Waals surface area contributed by atoms with Gasteiger partial charge in [-0.1, -0.05) is 12.5 Å². The van der Waals surface area contributed by atoms with Crippen LogP contribution in [0.4, 0.5) is 0 Å². The normalized spacial score (nSPS) is 20.5. The highest BCUT2D eigenvalue weighted by atomic mass is 15.3. The van der Waals surface area contributed by atoms with Crippen molar-refractivity contribution in [2.24, 2.45) is 5.73 Å². The molecule has 5 heteroatoms. The van der Waals surface area contributed by atoms with Crippen molar-refractivity contribution in [2.75, 3.05) is 6.54 Å². The van der Waals surface area contributed by atoms with E-state index in [1.54, 1.807) is 0 Å². The Morgan fingerprint density at radius 3 is 2.95 bits per heavy atom. The van der Waals surface area contributed by atoms with Crippen molar-refractivity contribution < 1.29 is 0 Å². The van der Waals surface area contributed by atoms with Gasteiger partial charge in [0.25, 0.3) is 0 Å². The van der Waals surface area contributed by atoms with Crippen molar-refractivity contribution in [2.45, 2.75) is 58.2 Å². The lowest BCUT2D eigenvalue weighted by Gasteiger charge is -2.38. The fourth-order valence-electron chi connectivity index (χ4n) is 3.31. The van der Waals surface area contributed by atoms with Gasteiger partial charge in [-0.3, -0.25) is 4.90 Å². The van der Waals surface area contributed by atoms with Gasteiger partial charge in [0.1, 0.15) is 0 Å². The average Bonchev–Trinajstić information content (AvgIpc) is 2.88. The van der Waals surface area contributed by atoms with Crippen molar-refractivity contribution in [3.8, 4) is 0 Å². The molecule has 0 saturated carbocycles. The number of rotatable bonds is 4. The highest BCUT2D eigenvalue weighted by Crippen LogP contribution is 2.22. The van der Waals surface area contributed by atoms with Gasteiger partial charge in [0, 0.05) is 31.2 Å². The van der Waals surface area contributed by atoms with Crippen molar-refractivity contribution in [3.63, 3.8) is 0 Å². The lowest BCUT2D eigenvalue weighted by Crippen LogP contribution is -2.45. The van der Waals surface area contributed by atoms with Crippen LogP contribution in [-0.4, -0.2) is 38.1 Å². The summed E-state index contributed by atoms with van der Waals surface area (Å²) >= 11 is 0. The first-order valence-electron chi connectivity index (χ1n) is 7.97. The number of nitrogens with two attached hydrogens (primary N) is 1. The van der Waals surface area contributed by atoms with Crippen LogP contribution in [0.2, 0.25) is 0 Å². The minimum atomic E-state index is 0.537. The zero-order chi connectivity index (χ0) is 14.8. The first kappa shape index (κ1) is 14.5. The van der Waals surface area contributed by atoms with Crippen LogP contribution in [0.15, 0.2) is 18.3 Å². The molecule has 1 unspecified atom stereocenters. The fourth-order valence-corrected chi connectivity index (χ4v) is 3.31. The monoisotopic (exact) mass is 287 g/mol. The summed E-state index contributed by atoms with van der Waals surface area (Å²) in [5.74, 6) is 0.946. The summed E-state index contributed by atoms with van der Waals surface area (Å²) in [6.45, 7) is 6.30. The SMILES string of the molecule is CC(C)N1CCCCC1Cc1nc2ccc(CN)cn2n1. The van der Waals surface area contributed by atoms with Crippen LogP contribution in [0.1, 0.15) is 44.5 Å².